The predicted molar refractivity (Wildman–Crippen MR) is 61.6 cm³/mol. The van der Waals surface area contributed by atoms with Crippen LogP contribution in [0.2, 0.25) is 4.51 Å². The van der Waals surface area contributed by atoms with Crippen LogP contribution >= 0.6 is 24.0 Å². The Hall–Kier alpha value is 0.623. The molecule has 1 saturated heterocycles. The summed E-state index contributed by atoms with van der Waals surface area (Å²) in [4.78, 5) is 13.3. The SMILES string of the molecule is CC(C)(C)OC(=O)N1CC[CH]([Zn])C1.I. The normalized spacial score (nSPS) is 21.8. The summed E-state index contributed by atoms with van der Waals surface area (Å²) in [6.45, 7) is 7.48. The van der Waals surface area contributed by atoms with Crippen molar-refractivity contribution in [3.8, 4) is 0 Å². The second kappa shape index (κ2) is 5.64. The van der Waals surface area contributed by atoms with E-state index in [1.165, 1.54) is 18.3 Å². The molecule has 0 spiro atoms. The second-order valence-corrected chi connectivity index (χ2v) is 7.00. The molecule has 1 aliphatic rings. The van der Waals surface area contributed by atoms with Crippen LogP contribution in [0.25, 0.3) is 0 Å². The van der Waals surface area contributed by atoms with E-state index in [2.05, 4.69) is 0 Å². The Kier molecular flexibility index (Phi) is 5.89. The van der Waals surface area contributed by atoms with E-state index in [4.69, 9.17) is 4.74 Å². The van der Waals surface area contributed by atoms with Crippen molar-refractivity contribution in [1.29, 1.82) is 0 Å². The number of amides is 1. The third kappa shape index (κ3) is 4.92. The zero-order valence-corrected chi connectivity index (χ0v) is 14.4. The van der Waals surface area contributed by atoms with Crippen LogP contribution in [0.3, 0.4) is 0 Å². The van der Waals surface area contributed by atoms with Crippen molar-refractivity contribution >= 4 is 30.1 Å². The number of nitrogens with zero attached hydrogens (tertiary/aromatic N) is 1. The smallest absolute Gasteiger partial charge is 0.107 e. The van der Waals surface area contributed by atoms with Crippen molar-refractivity contribution in [3.63, 3.8) is 0 Å². The molecule has 1 fully saturated rings. The van der Waals surface area contributed by atoms with Gasteiger partial charge in [0.1, 0.15) is 0 Å². The van der Waals surface area contributed by atoms with Crippen LogP contribution in [0.4, 0.5) is 4.79 Å². The fourth-order valence-corrected chi connectivity index (χ4v) is 2.36. The molecule has 5 heteroatoms. The minimum atomic E-state index is -0.362. The molecule has 3 nitrogen and oxygen atoms in total. The third-order valence-electron chi connectivity index (χ3n) is 1.94. The number of ether oxygens (including phenoxy) is 1. The number of halogens is 1. The van der Waals surface area contributed by atoms with Crippen molar-refractivity contribution < 1.29 is 27.8 Å². The fourth-order valence-electron chi connectivity index (χ4n) is 1.32. The summed E-state index contributed by atoms with van der Waals surface area (Å²) in [6, 6.07) is 0. The van der Waals surface area contributed by atoms with Crippen molar-refractivity contribution in [3.05, 3.63) is 0 Å². The largest absolute Gasteiger partial charge is 0.107 e. The summed E-state index contributed by atoms with van der Waals surface area (Å²) >= 11 is 1.28. The molecule has 1 aliphatic heterocycles. The van der Waals surface area contributed by atoms with E-state index >= 15 is 0 Å². The summed E-state index contributed by atoms with van der Waals surface area (Å²) in [7, 11) is 0. The maximum atomic E-state index is 11.5. The van der Waals surface area contributed by atoms with Crippen LogP contribution in [0.15, 0.2) is 0 Å². The molecule has 1 unspecified atom stereocenters. The number of hydrogen-bond acceptors (Lipinski definition) is 2. The van der Waals surface area contributed by atoms with Gasteiger partial charge in [0.25, 0.3) is 0 Å². The van der Waals surface area contributed by atoms with Gasteiger partial charge in [-0.3, -0.25) is 0 Å². The Morgan fingerprint density at radius 2 is 2.07 bits per heavy atom. The van der Waals surface area contributed by atoms with Gasteiger partial charge in [0, 0.05) is 0 Å². The summed E-state index contributed by atoms with van der Waals surface area (Å²) < 4.78 is 6.01. The molecular formula is C9H17INO2Zn. The van der Waals surface area contributed by atoms with Gasteiger partial charge in [-0.05, 0) is 0 Å². The van der Waals surface area contributed by atoms with Gasteiger partial charge in [0.05, 0.1) is 0 Å². The summed E-state index contributed by atoms with van der Waals surface area (Å²) in [6.07, 6.45) is 1.00. The minimum absolute atomic E-state index is 0. The third-order valence-corrected chi connectivity index (χ3v) is 3.34. The average molecular weight is 364 g/mol. The Labute approximate surface area is 113 Å². The molecule has 79 valence electrons. The van der Waals surface area contributed by atoms with E-state index in [0.29, 0.717) is 0 Å². The van der Waals surface area contributed by atoms with Gasteiger partial charge in [0.15, 0.2) is 0 Å². The van der Waals surface area contributed by atoms with E-state index in [-0.39, 0.29) is 35.7 Å². The van der Waals surface area contributed by atoms with Crippen LogP contribution in [0.1, 0.15) is 27.2 Å². The van der Waals surface area contributed by atoms with Gasteiger partial charge in [-0.2, -0.15) is 0 Å². The monoisotopic (exact) mass is 362 g/mol. The summed E-state index contributed by atoms with van der Waals surface area (Å²) in [5.41, 5.74) is -0.362. The van der Waals surface area contributed by atoms with Gasteiger partial charge in [-0.25, -0.2) is 0 Å². The molecule has 1 rings (SSSR count). The molecule has 0 bridgehead atoms. The number of carbonyl (C=O) groups excluding carboxylic acids is 1. The molecule has 0 aliphatic carbocycles. The number of carbonyl (C=O) groups is 1. The first-order valence-corrected chi connectivity index (χ1v) is 6.41. The summed E-state index contributed by atoms with van der Waals surface area (Å²) in [5.74, 6) is 0. The maximum Gasteiger partial charge on any atom is -0.107 e. The summed E-state index contributed by atoms with van der Waals surface area (Å²) in [5, 5.41) is 0. The van der Waals surface area contributed by atoms with Crippen molar-refractivity contribution in [2.24, 2.45) is 0 Å². The molecule has 14 heavy (non-hydrogen) atoms. The first-order valence-electron chi connectivity index (χ1n) is 4.69. The predicted octanol–water partition coefficient (Wildman–Crippen LogP) is 2.58. The Balaban J connectivity index is 0.00000169. The standard InChI is InChI=1S/C9H16NO2.HI.Zn/c1-9(2,3)12-8(11)10-6-4-5-7-10;;/h4H,5-7H2,1-3H3;1H;. The topological polar surface area (TPSA) is 29.5 Å². The molecule has 0 aromatic heterocycles. The Bertz CT molecular complexity index is 205. The first kappa shape index (κ1) is 14.6. The molecule has 1 heterocycles. The van der Waals surface area contributed by atoms with Gasteiger partial charge in [0.2, 0.25) is 0 Å². The molecule has 0 N–H and O–H groups in total. The average Bonchev–Trinajstić information content (AvgIpc) is 2.31. The molecular weight excluding hydrogens is 346 g/mol. The van der Waals surface area contributed by atoms with Gasteiger partial charge in [-0.1, -0.05) is 0 Å². The van der Waals surface area contributed by atoms with E-state index in [1.807, 2.05) is 25.7 Å². The number of rotatable bonds is 0. The molecule has 1 amide bonds. The van der Waals surface area contributed by atoms with E-state index in [1.54, 1.807) is 0 Å². The zero-order chi connectivity index (χ0) is 10.1. The van der Waals surface area contributed by atoms with Gasteiger partial charge >= 0.3 is 89.2 Å². The Morgan fingerprint density at radius 1 is 1.50 bits per heavy atom. The number of hydrogen-bond donors (Lipinski definition) is 0. The van der Waals surface area contributed by atoms with Crippen molar-refractivity contribution in [2.75, 3.05) is 13.1 Å². The zero-order valence-electron chi connectivity index (χ0n) is 9.08. The minimum Gasteiger partial charge on any atom is -0.107 e. The second-order valence-electron chi connectivity index (χ2n) is 4.58. The van der Waals surface area contributed by atoms with E-state index < -0.39 is 0 Å². The molecule has 0 radical (unpaired) electrons. The van der Waals surface area contributed by atoms with Crippen LogP contribution in [0, 0.1) is 0 Å². The molecule has 0 aromatic carbocycles. The van der Waals surface area contributed by atoms with Crippen LogP contribution in [-0.4, -0.2) is 29.7 Å². The first-order chi connectivity index (χ1) is 5.88. The quantitative estimate of drug-likeness (QED) is 0.489. The number of likely N-dealkylation sites (tertiary alicyclic amines) is 1. The van der Waals surface area contributed by atoms with Crippen LogP contribution in [-0.2, 0) is 23.0 Å². The Morgan fingerprint density at radius 3 is 2.43 bits per heavy atom. The van der Waals surface area contributed by atoms with Crippen LogP contribution in [0.5, 0.6) is 0 Å². The van der Waals surface area contributed by atoms with E-state index in [0.717, 1.165) is 24.0 Å². The maximum absolute atomic E-state index is 11.5. The molecule has 1 atom stereocenters. The molecule has 0 saturated carbocycles. The van der Waals surface area contributed by atoms with Crippen molar-refractivity contribution in [2.45, 2.75) is 37.3 Å². The van der Waals surface area contributed by atoms with Crippen molar-refractivity contribution in [1.82, 2.24) is 4.90 Å². The fraction of sp³-hybridized carbons (Fsp3) is 0.889. The van der Waals surface area contributed by atoms with E-state index in [9.17, 15) is 4.79 Å². The van der Waals surface area contributed by atoms with Crippen LogP contribution < -0.4 is 0 Å². The van der Waals surface area contributed by atoms with Gasteiger partial charge in [-0.15, -0.1) is 24.0 Å². The molecule has 0 aromatic rings. The van der Waals surface area contributed by atoms with Gasteiger partial charge < -0.3 is 0 Å².